The molecule has 0 saturated carbocycles. The van der Waals surface area contributed by atoms with Crippen molar-refractivity contribution < 1.29 is 9.53 Å². The monoisotopic (exact) mass is 265 g/mol. The molecule has 1 aliphatic heterocycles. The number of aromatic nitrogens is 2. The lowest BCUT2D eigenvalue weighted by molar-refractivity contribution is -0.117. The minimum absolute atomic E-state index is 0.127. The number of hydrogen-bond donors (Lipinski definition) is 2. The van der Waals surface area contributed by atoms with Gasteiger partial charge in [-0.2, -0.15) is 0 Å². The summed E-state index contributed by atoms with van der Waals surface area (Å²) in [5.74, 6) is 0.203. The number of nitrogens with one attached hydrogen (secondary N) is 2. The van der Waals surface area contributed by atoms with Crippen molar-refractivity contribution in [2.75, 3.05) is 45.2 Å². The molecule has 19 heavy (non-hydrogen) atoms. The number of carbonyl (C=O) groups excluding carboxylic acids is 1. The van der Waals surface area contributed by atoms with Crippen LogP contribution >= 0.6 is 0 Å². The molecule has 0 bridgehead atoms. The maximum atomic E-state index is 11.8. The Morgan fingerprint density at radius 3 is 3.05 bits per heavy atom. The average Bonchev–Trinajstić information content (AvgIpc) is 2.40. The van der Waals surface area contributed by atoms with Gasteiger partial charge in [-0.15, -0.1) is 0 Å². The third-order valence-electron chi connectivity index (χ3n) is 2.75. The average molecular weight is 265 g/mol. The van der Waals surface area contributed by atoms with E-state index in [0.717, 1.165) is 26.2 Å². The van der Waals surface area contributed by atoms with E-state index in [-0.39, 0.29) is 18.6 Å². The van der Waals surface area contributed by atoms with Crippen LogP contribution in [0.5, 0.6) is 0 Å². The van der Waals surface area contributed by atoms with E-state index in [2.05, 4.69) is 20.6 Å². The van der Waals surface area contributed by atoms with E-state index in [4.69, 9.17) is 4.74 Å². The summed E-state index contributed by atoms with van der Waals surface area (Å²) in [6, 6.07) is 1.70. The first-order valence-corrected chi connectivity index (χ1v) is 6.32. The number of ether oxygens (including phenoxy) is 1. The molecular formula is C12H19N5O2. The van der Waals surface area contributed by atoms with Crippen LogP contribution in [0.4, 0.5) is 5.95 Å². The number of amides is 1. The zero-order chi connectivity index (χ0) is 13.5. The van der Waals surface area contributed by atoms with Crippen LogP contribution in [0.2, 0.25) is 0 Å². The zero-order valence-electron chi connectivity index (χ0n) is 11.0. The van der Waals surface area contributed by atoms with Gasteiger partial charge in [-0.1, -0.05) is 0 Å². The Bertz CT molecular complexity index is 394. The molecule has 2 N–H and O–H groups in total. The highest BCUT2D eigenvalue weighted by Crippen LogP contribution is 1.99. The first-order chi connectivity index (χ1) is 9.24. The van der Waals surface area contributed by atoms with E-state index < -0.39 is 0 Å². The summed E-state index contributed by atoms with van der Waals surface area (Å²) in [6.07, 6.45) is 3.32. The van der Waals surface area contributed by atoms with E-state index >= 15 is 0 Å². The summed E-state index contributed by atoms with van der Waals surface area (Å²) in [5.41, 5.74) is 0. The van der Waals surface area contributed by atoms with Crippen molar-refractivity contribution in [1.29, 1.82) is 0 Å². The molecule has 1 aliphatic rings. The van der Waals surface area contributed by atoms with E-state index in [1.807, 2.05) is 11.9 Å². The summed E-state index contributed by atoms with van der Waals surface area (Å²) in [6.45, 7) is 3.45. The Morgan fingerprint density at radius 2 is 2.37 bits per heavy atom. The van der Waals surface area contributed by atoms with Crippen LogP contribution in [0, 0.1) is 0 Å². The molecule has 7 heteroatoms. The third-order valence-corrected chi connectivity index (χ3v) is 2.75. The number of hydrogen-bond acceptors (Lipinski definition) is 6. The Morgan fingerprint density at radius 1 is 1.58 bits per heavy atom. The third kappa shape index (κ3) is 4.90. The van der Waals surface area contributed by atoms with Gasteiger partial charge in [-0.25, -0.2) is 9.97 Å². The number of nitrogens with zero attached hydrogens (tertiary/aromatic N) is 3. The molecule has 0 spiro atoms. The normalized spacial score (nSPS) is 19.4. The predicted octanol–water partition coefficient (Wildman–Crippen LogP) is -0.665. The first-order valence-electron chi connectivity index (χ1n) is 6.32. The fraction of sp³-hybridized carbons (Fsp3) is 0.583. The molecule has 0 radical (unpaired) electrons. The first kappa shape index (κ1) is 13.9. The quantitative estimate of drug-likeness (QED) is 0.735. The highest BCUT2D eigenvalue weighted by Gasteiger charge is 2.17. The Kier molecular flexibility index (Phi) is 5.20. The van der Waals surface area contributed by atoms with Gasteiger partial charge in [-0.05, 0) is 13.1 Å². The number of likely N-dealkylation sites (N-methyl/N-ethyl adjacent to an activating group) is 1. The van der Waals surface area contributed by atoms with Crippen molar-refractivity contribution in [3.05, 3.63) is 18.5 Å². The standard InChI is InChI=1S/C12H19N5O2/c1-17(8-10-7-13-5-6-19-10)9-11(18)16-12-14-3-2-4-15-12/h2-4,10,13H,5-9H2,1H3,(H,14,15,16,18). The van der Waals surface area contributed by atoms with Gasteiger partial charge < -0.3 is 10.1 Å². The molecule has 0 aromatic carbocycles. The van der Waals surface area contributed by atoms with Gasteiger partial charge in [0.05, 0.1) is 19.3 Å². The van der Waals surface area contributed by atoms with Crippen molar-refractivity contribution in [3.63, 3.8) is 0 Å². The Labute approximate surface area is 112 Å². The second kappa shape index (κ2) is 7.13. The summed E-state index contributed by atoms with van der Waals surface area (Å²) < 4.78 is 5.59. The van der Waals surface area contributed by atoms with E-state index in [9.17, 15) is 4.79 Å². The molecular weight excluding hydrogens is 246 g/mol. The molecule has 104 valence electrons. The van der Waals surface area contributed by atoms with E-state index in [1.54, 1.807) is 18.5 Å². The van der Waals surface area contributed by atoms with Crippen LogP contribution in [0.15, 0.2) is 18.5 Å². The van der Waals surface area contributed by atoms with Gasteiger partial charge in [0.15, 0.2) is 0 Å². The second-order valence-corrected chi connectivity index (χ2v) is 4.51. The number of anilines is 1. The summed E-state index contributed by atoms with van der Waals surface area (Å²) in [4.78, 5) is 21.6. The molecule has 1 unspecified atom stereocenters. The van der Waals surface area contributed by atoms with Crippen LogP contribution in [0.3, 0.4) is 0 Å². The maximum absolute atomic E-state index is 11.8. The molecule has 1 aromatic rings. The van der Waals surface area contributed by atoms with Gasteiger partial charge in [0.2, 0.25) is 11.9 Å². The van der Waals surface area contributed by atoms with E-state index in [1.165, 1.54) is 0 Å². The molecule has 7 nitrogen and oxygen atoms in total. The SMILES string of the molecule is CN(CC(=O)Nc1ncccn1)CC1CNCCO1. The molecule has 1 amide bonds. The molecule has 1 aromatic heterocycles. The van der Waals surface area contributed by atoms with Crippen molar-refractivity contribution in [2.45, 2.75) is 6.10 Å². The predicted molar refractivity (Wildman–Crippen MR) is 70.8 cm³/mol. The topological polar surface area (TPSA) is 79.4 Å². The van der Waals surface area contributed by atoms with Gasteiger partial charge >= 0.3 is 0 Å². The van der Waals surface area contributed by atoms with Gasteiger partial charge in [0, 0.05) is 32.0 Å². The minimum atomic E-state index is -0.127. The lowest BCUT2D eigenvalue weighted by Gasteiger charge is -2.27. The lowest BCUT2D eigenvalue weighted by atomic mass is 10.3. The second-order valence-electron chi connectivity index (χ2n) is 4.51. The lowest BCUT2D eigenvalue weighted by Crippen LogP contribution is -2.45. The molecule has 2 heterocycles. The van der Waals surface area contributed by atoms with Gasteiger partial charge in [-0.3, -0.25) is 15.0 Å². The van der Waals surface area contributed by atoms with Crippen LogP contribution in [0.25, 0.3) is 0 Å². The molecule has 1 saturated heterocycles. The number of carbonyl (C=O) groups is 1. The fourth-order valence-corrected chi connectivity index (χ4v) is 1.92. The smallest absolute Gasteiger partial charge is 0.240 e. The van der Waals surface area contributed by atoms with Crippen molar-refractivity contribution in [3.8, 4) is 0 Å². The number of morpholine rings is 1. The van der Waals surface area contributed by atoms with Crippen LogP contribution in [0.1, 0.15) is 0 Å². The summed E-state index contributed by atoms with van der Waals surface area (Å²) in [7, 11) is 1.89. The molecule has 1 atom stereocenters. The summed E-state index contributed by atoms with van der Waals surface area (Å²) >= 11 is 0. The maximum Gasteiger partial charge on any atom is 0.240 e. The van der Waals surface area contributed by atoms with E-state index in [0.29, 0.717) is 5.95 Å². The number of rotatable bonds is 5. The zero-order valence-corrected chi connectivity index (χ0v) is 11.0. The van der Waals surface area contributed by atoms with Crippen LogP contribution < -0.4 is 10.6 Å². The van der Waals surface area contributed by atoms with Gasteiger partial charge in [0.25, 0.3) is 0 Å². The highest BCUT2D eigenvalue weighted by atomic mass is 16.5. The fourth-order valence-electron chi connectivity index (χ4n) is 1.92. The molecule has 1 fully saturated rings. The Balaban J connectivity index is 1.72. The largest absolute Gasteiger partial charge is 0.374 e. The van der Waals surface area contributed by atoms with Crippen molar-refractivity contribution in [2.24, 2.45) is 0 Å². The van der Waals surface area contributed by atoms with Crippen LogP contribution in [-0.4, -0.2) is 66.7 Å². The Hall–Kier alpha value is -1.57. The minimum Gasteiger partial charge on any atom is -0.374 e. The summed E-state index contributed by atoms with van der Waals surface area (Å²) in [5, 5.41) is 5.91. The molecule has 0 aliphatic carbocycles. The van der Waals surface area contributed by atoms with Crippen molar-refractivity contribution >= 4 is 11.9 Å². The van der Waals surface area contributed by atoms with Crippen LogP contribution in [-0.2, 0) is 9.53 Å². The highest BCUT2D eigenvalue weighted by molar-refractivity contribution is 5.90. The van der Waals surface area contributed by atoms with Crippen molar-refractivity contribution in [1.82, 2.24) is 20.2 Å². The molecule has 2 rings (SSSR count). The van der Waals surface area contributed by atoms with Gasteiger partial charge in [0.1, 0.15) is 0 Å².